The summed E-state index contributed by atoms with van der Waals surface area (Å²) < 4.78 is 5.71. The standard InChI is InChI=1S/C28H40N6O3/c1-20(2)34-15-10-22(11-16-34)29-27-23-18-25(37-4)21(9-5-6-12-33-13-7-8-14-33)17-24(23)30-28(31-27)32(3)19-26(35)36/h17-18,20,22H,6-8,10-16,19H2,1-4H3,(H,35,36)(H,29,30,31). The number of carboxylic acid groups (broad SMARTS) is 1. The zero-order valence-electron chi connectivity index (χ0n) is 22.6. The lowest BCUT2D eigenvalue weighted by molar-refractivity contribution is -0.135. The summed E-state index contributed by atoms with van der Waals surface area (Å²) in [6.07, 6.45) is 5.39. The van der Waals surface area contributed by atoms with E-state index in [1.807, 2.05) is 12.1 Å². The van der Waals surface area contributed by atoms with Gasteiger partial charge >= 0.3 is 5.97 Å². The van der Waals surface area contributed by atoms with E-state index in [0.29, 0.717) is 29.1 Å². The second kappa shape index (κ2) is 12.4. The van der Waals surface area contributed by atoms with Crippen LogP contribution in [-0.2, 0) is 4.79 Å². The van der Waals surface area contributed by atoms with Crippen LogP contribution in [0.4, 0.5) is 11.8 Å². The average Bonchev–Trinajstić information content (AvgIpc) is 3.39. The Balaban J connectivity index is 1.63. The Morgan fingerprint density at radius 1 is 1.22 bits per heavy atom. The normalized spacial score (nSPS) is 17.1. The SMILES string of the molecule is COc1cc2c(NC3CCN(C(C)C)CC3)nc(N(C)CC(=O)O)nc2cc1C#CCCN1CCCC1. The van der Waals surface area contributed by atoms with E-state index in [1.165, 1.54) is 12.8 Å². The highest BCUT2D eigenvalue weighted by molar-refractivity contribution is 5.93. The van der Waals surface area contributed by atoms with Crippen molar-refractivity contribution in [1.82, 2.24) is 19.8 Å². The molecule has 2 aliphatic rings. The molecule has 0 amide bonds. The van der Waals surface area contributed by atoms with E-state index in [0.717, 1.165) is 62.9 Å². The number of nitrogens with one attached hydrogen (secondary N) is 1. The lowest BCUT2D eigenvalue weighted by Gasteiger charge is -2.35. The Morgan fingerprint density at radius 2 is 1.95 bits per heavy atom. The molecule has 0 unspecified atom stereocenters. The number of aromatic nitrogens is 2. The maximum atomic E-state index is 11.4. The molecule has 4 rings (SSSR count). The number of rotatable bonds is 9. The van der Waals surface area contributed by atoms with Crippen molar-refractivity contribution in [3.63, 3.8) is 0 Å². The molecular formula is C28H40N6O3. The lowest BCUT2D eigenvalue weighted by Crippen LogP contribution is -2.42. The van der Waals surface area contributed by atoms with Gasteiger partial charge in [0.05, 0.1) is 18.2 Å². The number of piperidine rings is 1. The summed E-state index contributed by atoms with van der Waals surface area (Å²) in [6.45, 7) is 9.66. The minimum absolute atomic E-state index is 0.183. The van der Waals surface area contributed by atoms with Gasteiger partial charge in [-0.3, -0.25) is 4.79 Å². The van der Waals surface area contributed by atoms with Gasteiger partial charge in [-0.15, -0.1) is 0 Å². The number of carbonyl (C=O) groups is 1. The summed E-state index contributed by atoms with van der Waals surface area (Å²) >= 11 is 0. The van der Waals surface area contributed by atoms with E-state index in [9.17, 15) is 9.90 Å². The van der Waals surface area contributed by atoms with Gasteiger partial charge in [0.25, 0.3) is 0 Å². The van der Waals surface area contributed by atoms with Gasteiger partial charge in [-0.25, -0.2) is 4.98 Å². The van der Waals surface area contributed by atoms with Crippen molar-refractivity contribution >= 4 is 28.6 Å². The molecular weight excluding hydrogens is 468 g/mol. The van der Waals surface area contributed by atoms with E-state index in [2.05, 4.69) is 40.8 Å². The number of hydrogen-bond donors (Lipinski definition) is 2. The number of likely N-dealkylation sites (N-methyl/N-ethyl adjacent to an activating group) is 1. The smallest absolute Gasteiger partial charge is 0.323 e. The van der Waals surface area contributed by atoms with Crippen LogP contribution in [0.1, 0.15) is 51.5 Å². The molecule has 2 aromatic rings. The van der Waals surface area contributed by atoms with Crippen LogP contribution in [0.25, 0.3) is 10.9 Å². The van der Waals surface area contributed by atoms with Crippen LogP contribution in [0.15, 0.2) is 12.1 Å². The van der Waals surface area contributed by atoms with Crippen molar-refractivity contribution in [3.05, 3.63) is 17.7 Å². The van der Waals surface area contributed by atoms with Crippen LogP contribution in [0.2, 0.25) is 0 Å². The summed E-state index contributed by atoms with van der Waals surface area (Å²) in [4.78, 5) is 27.3. The molecule has 0 bridgehead atoms. The number of carboxylic acids is 1. The van der Waals surface area contributed by atoms with Crippen LogP contribution >= 0.6 is 0 Å². The monoisotopic (exact) mass is 508 g/mol. The zero-order chi connectivity index (χ0) is 26.4. The highest BCUT2D eigenvalue weighted by atomic mass is 16.5. The van der Waals surface area contributed by atoms with E-state index in [-0.39, 0.29) is 12.6 Å². The topological polar surface area (TPSA) is 94.1 Å². The van der Waals surface area contributed by atoms with E-state index < -0.39 is 5.97 Å². The first-order chi connectivity index (χ1) is 17.8. The highest BCUT2D eigenvalue weighted by Crippen LogP contribution is 2.31. The number of methoxy groups -OCH3 is 1. The lowest BCUT2D eigenvalue weighted by atomic mass is 10.0. The van der Waals surface area contributed by atoms with Crippen molar-refractivity contribution in [1.29, 1.82) is 0 Å². The summed E-state index contributed by atoms with van der Waals surface area (Å²) in [7, 11) is 3.35. The van der Waals surface area contributed by atoms with Gasteiger partial charge in [-0.1, -0.05) is 11.8 Å². The fraction of sp³-hybridized carbons (Fsp3) is 0.607. The predicted molar refractivity (Wildman–Crippen MR) is 148 cm³/mol. The van der Waals surface area contributed by atoms with Gasteiger partial charge in [-0.05, 0) is 64.8 Å². The summed E-state index contributed by atoms with van der Waals surface area (Å²) in [5, 5.41) is 13.8. The fourth-order valence-electron chi connectivity index (χ4n) is 5.10. The van der Waals surface area contributed by atoms with Gasteiger partial charge in [0.1, 0.15) is 18.1 Å². The molecule has 2 N–H and O–H groups in total. The summed E-state index contributed by atoms with van der Waals surface area (Å²) in [5.74, 6) is 7.41. The summed E-state index contributed by atoms with van der Waals surface area (Å²) in [5.41, 5.74) is 1.49. The largest absolute Gasteiger partial charge is 0.495 e. The van der Waals surface area contributed by atoms with Crippen molar-refractivity contribution < 1.29 is 14.6 Å². The zero-order valence-corrected chi connectivity index (χ0v) is 22.6. The van der Waals surface area contributed by atoms with E-state index >= 15 is 0 Å². The first-order valence-corrected chi connectivity index (χ1v) is 13.4. The molecule has 0 aliphatic carbocycles. The molecule has 0 radical (unpaired) electrons. The summed E-state index contributed by atoms with van der Waals surface area (Å²) in [6, 6.07) is 4.70. The Kier molecular flexibility index (Phi) is 9.06. The number of aliphatic carboxylic acids is 1. The minimum atomic E-state index is -0.930. The molecule has 200 valence electrons. The van der Waals surface area contributed by atoms with Crippen LogP contribution < -0.4 is 15.0 Å². The molecule has 0 saturated carbocycles. The quantitative estimate of drug-likeness (QED) is 0.495. The number of hydrogen-bond acceptors (Lipinski definition) is 8. The van der Waals surface area contributed by atoms with Crippen molar-refractivity contribution in [2.45, 2.75) is 58.0 Å². The Bertz CT molecular complexity index is 1140. The third-order valence-electron chi connectivity index (χ3n) is 7.29. The third-order valence-corrected chi connectivity index (χ3v) is 7.29. The first kappa shape index (κ1) is 27.0. The third kappa shape index (κ3) is 7.02. The van der Waals surface area contributed by atoms with Gasteiger partial charge < -0.3 is 29.9 Å². The molecule has 9 heteroatoms. The van der Waals surface area contributed by atoms with Gasteiger partial charge in [0.15, 0.2) is 0 Å². The van der Waals surface area contributed by atoms with Crippen LogP contribution in [0.5, 0.6) is 5.75 Å². The number of anilines is 2. The van der Waals surface area contributed by atoms with Gasteiger partial charge in [-0.2, -0.15) is 4.98 Å². The molecule has 0 atom stereocenters. The average molecular weight is 509 g/mol. The first-order valence-electron chi connectivity index (χ1n) is 13.4. The minimum Gasteiger partial charge on any atom is -0.495 e. The number of fused-ring (bicyclic) bond motifs is 1. The number of benzene rings is 1. The van der Waals surface area contributed by atoms with Crippen molar-refractivity contribution in [2.75, 3.05) is 63.6 Å². The Labute approximate surface area is 220 Å². The second-order valence-corrected chi connectivity index (χ2v) is 10.3. The molecule has 2 aliphatic heterocycles. The fourth-order valence-corrected chi connectivity index (χ4v) is 5.10. The molecule has 1 aromatic heterocycles. The van der Waals surface area contributed by atoms with E-state index in [4.69, 9.17) is 14.7 Å². The Morgan fingerprint density at radius 3 is 2.59 bits per heavy atom. The van der Waals surface area contributed by atoms with Gasteiger partial charge in [0, 0.05) is 50.6 Å². The number of likely N-dealkylation sites (tertiary alicyclic amines) is 2. The molecule has 37 heavy (non-hydrogen) atoms. The molecule has 1 aromatic carbocycles. The maximum absolute atomic E-state index is 11.4. The molecule has 2 saturated heterocycles. The number of ether oxygens (including phenoxy) is 1. The van der Waals surface area contributed by atoms with Crippen molar-refractivity contribution in [2.24, 2.45) is 0 Å². The highest BCUT2D eigenvalue weighted by Gasteiger charge is 2.23. The maximum Gasteiger partial charge on any atom is 0.323 e. The molecule has 0 spiro atoms. The van der Waals surface area contributed by atoms with Crippen LogP contribution in [0, 0.1) is 11.8 Å². The van der Waals surface area contributed by atoms with E-state index in [1.54, 1.807) is 19.1 Å². The predicted octanol–water partition coefficient (Wildman–Crippen LogP) is 3.28. The van der Waals surface area contributed by atoms with Crippen molar-refractivity contribution in [3.8, 4) is 17.6 Å². The molecule has 3 heterocycles. The molecule has 9 nitrogen and oxygen atoms in total. The molecule has 2 fully saturated rings. The number of nitrogens with zero attached hydrogens (tertiary/aromatic N) is 5. The Hall–Kier alpha value is -3.09. The van der Waals surface area contributed by atoms with Crippen LogP contribution in [0.3, 0.4) is 0 Å². The second-order valence-electron chi connectivity index (χ2n) is 10.3. The van der Waals surface area contributed by atoms with Gasteiger partial charge in [0.2, 0.25) is 5.95 Å². The van der Waals surface area contributed by atoms with Crippen LogP contribution in [-0.4, -0.2) is 96.4 Å².